The van der Waals surface area contributed by atoms with Gasteiger partial charge < -0.3 is 14.4 Å². The second-order valence-electron chi connectivity index (χ2n) is 7.23. The average Bonchev–Trinajstić information content (AvgIpc) is 2.89. The van der Waals surface area contributed by atoms with Crippen LogP contribution in [0.15, 0.2) is 93.3 Å². The number of hydrogen-bond donors (Lipinski definition) is 0. The molecule has 176 valence electrons. The van der Waals surface area contributed by atoms with Crippen molar-refractivity contribution in [2.24, 2.45) is 20.5 Å². The van der Waals surface area contributed by atoms with Crippen molar-refractivity contribution in [2.75, 3.05) is 24.8 Å². The van der Waals surface area contributed by atoms with E-state index in [2.05, 4.69) is 51.3 Å². The summed E-state index contributed by atoms with van der Waals surface area (Å²) < 4.78 is 10.2. The fourth-order valence-electron chi connectivity index (χ4n) is 3.01. The summed E-state index contributed by atoms with van der Waals surface area (Å²) in [5.41, 5.74) is 4.09. The number of esters is 1. The number of carbonyl (C=O) groups is 1. The molecule has 0 amide bonds. The van der Waals surface area contributed by atoms with Gasteiger partial charge in [0.25, 0.3) is 0 Å². The Morgan fingerprint density at radius 3 is 1.50 bits per heavy atom. The van der Waals surface area contributed by atoms with Gasteiger partial charge in [0, 0.05) is 25.2 Å². The molecule has 3 aromatic carbocycles. The van der Waals surface area contributed by atoms with E-state index in [1.807, 2.05) is 36.4 Å². The number of ether oxygens (including phenoxy) is 2. The van der Waals surface area contributed by atoms with E-state index in [1.54, 1.807) is 31.2 Å². The number of azo groups is 2. The Morgan fingerprint density at radius 1 is 0.676 bits per heavy atom. The molecule has 0 unspecified atom stereocenters. The second kappa shape index (κ2) is 12.8. The van der Waals surface area contributed by atoms with Crippen molar-refractivity contribution in [1.82, 2.24) is 0 Å². The van der Waals surface area contributed by atoms with Crippen LogP contribution in [0.1, 0.15) is 27.2 Å². The molecule has 8 heteroatoms. The molecule has 0 aliphatic carbocycles. The Hall–Kier alpha value is -4.07. The molecule has 3 rings (SSSR count). The molecule has 0 N–H and O–H groups in total. The quantitative estimate of drug-likeness (QED) is 0.167. The molecule has 3 aromatic rings. The van der Waals surface area contributed by atoms with Crippen LogP contribution in [0.25, 0.3) is 0 Å². The van der Waals surface area contributed by atoms with Gasteiger partial charge in [0.1, 0.15) is 5.75 Å². The lowest BCUT2D eigenvalue weighted by Crippen LogP contribution is -2.21. The van der Waals surface area contributed by atoms with E-state index >= 15 is 0 Å². The minimum Gasteiger partial charge on any atom is -0.457 e. The van der Waals surface area contributed by atoms with Crippen LogP contribution in [-0.4, -0.2) is 25.9 Å². The first kappa shape index (κ1) is 24.6. The third-order valence-electron chi connectivity index (χ3n) is 4.96. The Kier molecular flexibility index (Phi) is 9.28. The zero-order valence-corrected chi connectivity index (χ0v) is 19.7. The predicted octanol–water partition coefficient (Wildman–Crippen LogP) is 7.65. The number of hydrogen-bond acceptors (Lipinski definition) is 8. The fraction of sp³-hybridized carbons (Fsp3) is 0.269. The van der Waals surface area contributed by atoms with Crippen LogP contribution >= 0.6 is 0 Å². The third kappa shape index (κ3) is 7.51. The smallest absolute Gasteiger partial charge is 0.308 e. The minimum absolute atomic E-state index is 0.112. The molecule has 0 saturated carbocycles. The monoisotopic (exact) mass is 459 g/mol. The first-order chi connectivity index (χ1) is 16.6. The van der Waals surface area contributed by atoms with E-state index in [1.165, 1.54) is 5.69 Å². The fourth-order valence-corrected chi connectivity index (χ4v) is 3.01. The molecule has 0 heterocycles. The number of benzene rings is 3. The maximum Gasteiger partial charge on any atom is 0.308 e. The van der Waals surface area contributed by atoms with Crippen LogP contribution in [0.2, 0.25) is 0 Å². The van der Waals surface area contributed by atoms with Crippen molar-refractivity contribution in [3.63, 3.8) is 0 Å². The van der Waals surface area contributed by atoms with Crippen LogP contribution in [0.3, 0.4) is 0 Å². The molecule has 0 fully saturated rings. The van der Waals surface area contributed by atoms with Crippen molar-refractivity contribution in [3.8, 4) is 5.75 Å². The van der Waals surface area contributed by atoms with E-state index in [-0.39, 0.29) is 12.8 Å². The summed E-state index contributed by atoms with van der Waals surface area (Å²) in [5.74, 6) is 0.280. The van der Waals surface area contributed by atoms with Gasteiger partial charge in [-0.2, -0.15) is 20.5 Å². The van der Waals surface area contributed by atoms with E-state index in [0.717, 1.165) is 24.5 Å². The Labute approximate surface area is 200 Å². The highest BCUT2D eigenvalue weighted by atomic mass is 16.7. The lowest BCUT2D eigenvalue weighted by Gasteiger charge is -2.20. The second-order valence-corrected chi connectivity index (χ2v) is 7.23. The zero-order valence-electron chi connectivity index (χ0n) is 19.7. The molecule has 0 saturated heterocycles. The molecular weight excluding hydrogens is 430 g/mol. The van der Waals surface area contributed by atoms with Gasteiger partial charge >= 0.3 is 5.97 Å². The summed E-state index contributed by atoms with van der Waals surface area (Å²) >= 11 is 0. The summed E-state index contributed by atoms with van der Waals surface area (Å²) in [4.78, 5) is 13.4. The largest absolute Gasteiger partial charge is 0.457 e. The van der Waals surface area contributed by atoms with Gasteiger partial charge in [-0.15, -0.1) is 0 Å². The van der Waals surface area contributed by atoms with Crippen LogP contribution in [0, 0.1) is 0 Å². The van der Waals surface area contributed by atoms with Gasteiger partial charge in [-0.1, -0.05) is 6.92 Å². The maximum absolute atomic E-state index is 11.1. The topological polar surface area (TPSA) is 88.2 Å². The molecule has 0 aromatic heterocycles. The van der Waals surface area contributed by atoms with E-state index in [0.29, 0.717) is 23.5 Å². The molecule has 0 aliphatic rings. The van der Waals surface area contributed by atoms with Crippen LogP contribution in [0.4, 0.5) is 28.4 Å². The minimum atomic E-state index is -0.303. The lowest BCUT2D eigenvalue weighted by atomic mass is 10.2. The average molecular weight is 460 g/mol. The SMILES string of the molecule is CCC(=O)OCOc1ccc(N=Nc2ccc(N=Nc3ccc(N(CC)CC)cc3)cc2)cc1. The first-order valence-electron chi connectivity index (χ1n) is 11.3. The Morgan fingerprint density at radius 2 is 1.09 bits per heavy atom. The van der Waals surface area contributed by atoms with Gasteiger partial charge in [0.05, 0.1) is 22.7 Å². The lowest BCUT2D eigenvalue weighted by molar-refractivity contribution is -0.149. The summed E-state index contributed by atoms with van der Waals surface area (Å²) in [6.45, 7) is 7.84. The predicted molar refractivity (Wildman–Crippen MR) is 133 cm³/mol. The van der Waals surface area contributed by atoms with Crippen molar-refractivity contribution in [1.29, 1.82) is 0 Å². The standard InChI is InChI=1S/C26H29N5O3/c1-4-26(32)34-19-33-25-17-13-23(14-18-25)30-28-21-9-7-20(8-10-21)27-29-22-11-15-24(16-12-22)31(5-2)6-3/h7-18H,4-6,19H2,1-3H3. The molecule has 0 spiro atoms. The van der Waals surface area contributed by atoms with Crippen LogP contribution in [-0.2, 0) is 9.53 Å². The summed E-state index contributed by atoms with van der Waals surface area (Å²) in [6.07, 6.45) is 0.317. The van der Waals surface area contributed by atoms with Crippen LogP contribution in [0.5, 0.6) is 5.75 Å². The van der Waals surface area contributed by atoms with Gasteiger partial charge in [-0.05, 0) is 86.6 Å². The van der Waals surface area contributed by atoms with E-state index in [4.69, 9.17) is 9.47 Å². The number of nitrogens with zero attached hydrogens (tertiary/aromatic N) is 5. The van der Waals surface area contributed by atoms with Crippen molar-refractivity contribution >= 4 is 34.4 Å². The summed E-state index contributed by atoms with van der Waals surface area (Å²) in [7, 11) is 0. The van der Waals surface area contributed by atoms with E-state index < -0.39 is 0 Å². The Balaban J connectivity index is 1.52. The van der Waals surface area contributed by atoms with Gasteiger partial charge in [0.2, 0.25) is 6.79 Å². The highest BCUT2D eigenvalue weighted by Gasteiger charge is 2.01. The number of rotatable bonds is 11. The number of carbonyl (C=O) groups excluding carboxylic acids is 1. The first-order valence-corrected chi connectivity index (χ1v) is 11.3. The van der Waals surface area contributed by atoms with Crippen LogP contribution < -0.4 is 9.64 Å². The molecule has 0 bridgehead atoms. The van der Waals surface area contributed by atoms with Gasteiger partial charge in [0.15, 0.2) is 0 Å². The molecule has 0 atom stereocenters. The molecular formula is C26H29N5O3. The van der Waals surface area contributed by atoms with Gasteiger partial charge in [-0.25, -0.2) is 0 Å². The zero-order chi connectivity index (χ0) is 24.2. The molecule has 0 radical (unpaired) electrons. The molecule has 0 aliphatic heterocycles. The maximum atomic E-state index is 11.1. The van der Waals surface area contributed by atoms with Crippen molar-refractivity contribution < 1.29 is 14.3 Å². The number of anilines is 1. The highest BCUT2D eigenvalue weighted by Crippen LogP contribution is 2.25. The highest BCUT2D eigenvalue weighted by molar-refractivity contribution is 5.68. The molecule has 8 nitrogen and oxygen atoms in total. The summed E-state index contributed by atoms with van der Waals surface area (Å²) in [6, 6.07) is 22.4. The Bertz CT molecular complexity index is 1090. The van der Waals surface area contributed by atoms with Gasteiger partial charge in [-0.3, -0.25) is 4.79 Å². The molecule has 34 heavy (non-hydrogen) atoms. The normalized spacial score (nSPS) is 11.1. The van der Waals surface area contributed by atoms with Crippen molar-refractivity contribution in [2.45, 2.75) is 27.2 Å². The third-order valence-corrected chi connectivity index (χ3v) is 4.96. The summed E-state index contributed by atoms with van der Waals surface area (Å²) in [5, 5.41) is 17.1. The van der Waals surface area contributed by atoms with Crippen molar-refractivity contribution in [3.05, 3.63) is 72.8 Å². The van der Waals surface area contributed by atoms with E-state index in [9.17, 15) is 4.79 Å².